The van der Waals surface area contributed by atoms with E-state index in [1.54, 1.807) is 16.1 Å². The topological polar surface area (TPSA) is 59.8 Å². The van der Waals surface area contributed by atoms with Gasteiger partial charge in [0.25, 0.3) is 5.91 Å². The van der Waals surface area contributed by atoms with Crippen molar-refractivity contribution in [3.63, 3.8) is 0 Å². The molecule has 3 aromatic rings. The molecule has 5 nitrogen and oxygen atoms in total. The van der Waals surface area contributed by atoms with Crippen LogP contribution in [0.1, 0.15) is 21.1 Å². The Labute approximate surface area is 126 Å². The minimum absolute atomic E-state index is 0.232. The van der Waals surface area contributed by atoms with E-state index < -0.39 is 0 Å². The number of nitrogens with zero attached hydrogens (tertiary/aromatic N) is 3. The number of aryl methyl sites for hydroxylation is 1. The Balaban J connectivity index is 1.66. The zero-order valence-electron chi connectivity index (χ0n) is 11.5. The number of aromatic nitrogens is 3. The van der Waals surface area contributed by atoms with Gasteiger partial charge in [0.05, 0.1) is 11.6 Å². The summed E-state index contributed by atoms with van der Waals surface area (Å²) in [6.45, 7) is 2.54. The summed E-state index contributed by atoms with van der Waals surface area (Å²) >= 11 is 1.45. The van der Waals surface area contributed by atoms with Gasteiger partial charge in [0.2, 0.25) is 0 Å². The molecule has 0 aliphatic rings. The zero-order valence-corrected chi connectivity index (χ0v) is 12.3. The summed E-state index contributed by atoms with van der Waals surface area (Å²) in [5.74, 6) is 0.297. The molecule has 3 rings (SSSR count). The van der Waals surface area contributed by atoms with Gasteiger partial charge in [-0.2, -0.15) is 5.10 Å². The first-order valence-electron chi connectivity index (χ1n) is 6.51. The van der Waals surface area contributed by atoms with Gasteiger partial charge in [0.1, 0.15) is 5.69 Å². The van der Waals surface area contributed by atoms with Gasteiger partial charge in [-0.1, -0.05) is 30.3 Å². The number of rotatable bonds is 4. The van der Waals surface area contributed by atoms with E-state index in [1.807, 2.05) is 43.5 Å². The average Bonchev–Trinajstić information content (AvgIpc) is 3.09. The van der Waals surface area contributed by atoms with Gasteiger partial charge in [-0.15, -0.1) is 11.3 Å². The molecule has 106 valence electrons. The molecular formula is C15H14N4OS. The van der Waals surface area contributed by atoms with Crippen molar-refractivity contribution >= 4 is 23.1 Å². The van der Waals surface area contributed by atoms with E-state index in [9.17, 15) is 4.79 Å². The van der Waals surface area contributed by atoms with Crippen LogP contribution in [-0.2, 0) is 6.54 Å². The third-order valence-electron chi connectivity index (χ3n) is 2.92. The maximum absolute atomic E-state index is 12.0. The summed E-state index contributed by atoms with van der Waals surface area (Å²) < 4.78 is 1.79. The maximum Gasteiger partial charge on any atom is 0.276 e. The molecule has 0 radical (unpaired) electrons. The van der Waals surface area contributed by atoms with Crippen LogP contribution < -0.4 is 5.32 Å². The molecule has 6 heteroatoms. The molecule has 0 aliphatic heterocycles. The Kier molecular flexibility index (Phi) is 3.79. The van der Waals surface area contributed by atoms with E-state index >= 15 is 0 Å². The molecule has 1 amide bonds. The van der Waals surface area contributed by atoms with Crippen molar-refractivity contribution in [2.75, 3.05) is 5.32 Å². The van der Waals surface area contributed by atoms with Crippen molar-refractivity contribution in [2.45, 2.75) is 13.5 Å². The number of amides is 1. The Hall–Kier alpha value is -2.47. The highest BCUT2D eigenvalue weighted by Crippen LogP contribution is 2.11. The second-order valence-corrected chi connectivity index (χ2v) is 5.65. The van der Waals surface area contributed by atoms with Gasteiger partial charge < -0.3 is 5.32 Å². The first kappa shape index (κ1) is 13.5. The summed E-state index contributed by atoms with van der Waals surface area (Å²) in [6, 6.07) is 11.8. The molecule has 0 aliphatic carbocycles. The molecule has 2 aromatic heterocycles. The molecule has 1 aromatic carbocycles. The van der Waals surface area contributed by atoms with Crippen molar-refractivity contribution in [3.05, 3.63) is 64.2 Å². The van der Waals surface area contributed by atoms with E-state index in [4.69, 9.17) is 0 Å². The van der Waals surface area contributed by atoms with Crippen LogP contribution in [-0.4, -0.2) is 20.7 Å². The number of carbonyl (C=O) groups excluding carboxylic acids is 1. The highest BCUT2D eigenvalue weighted by atomic mass is 32.1. The molecule has 0 unspecified atom stereocenters. The molecule has 0 fully saturated rings. The molecular weight excluding hydrogens is 284 g/mol. The second-order valence-electron chi connectivity index (χ2n) is 4.59. The first-order valence-corrected chi connectivity index (χ1v) is 7.39. The Morgan fingerprint density at radius 3 is 2.81 bits per heavy atom. The number of benzene rings is 1. The number of hydrogen-bond acceptors (Lipinski definition) is 4. The lowest BCUT2D eigenvalue weighted by molar-refractivity contribution is 0.102. The quantitative estimate of drug-likeness (QED) is 0.805. The minimum Gasteiger partial charge on any atom is -0.304 e. The van der Waals surface area contributed by atoms with E-state index in [2.05, 4.69) is 15.4 Å². The Morgan fingerprint density at radius 2 is 2.10 bits per heavy atom. The molecule has 0 saturated heterocycles. The van der Waals surface area contributed by atoms with Crippen LogP contribution in [0, 0.1) is 6.92 Å². The zero-order chi connectivity index (χ0) is 14.7. The monoisotopic (exact) mass is 298 g/mol. The predicted octanol–water partition coefficient (Wildman–Crippen LogP) is 2.95. The van der Waals surface area contributed by atoms with Gasteiger partial charge in [-0.25, -0.2) is 4.98 Å². The SMILES string of the molecule is Cc1nc(C(=O)Nc2ccn(Cc3ccccc3)n2)cs1. The Bertz CT molecular complexity index is 748. The standard InChI is InChI=1S/C15H14N4OS/c1-11-16-13(10-21-11)15(20)17-14-7-8-19(18-14)9-12-5-3-2-4-6-12/h2-8,10H,9H2,1H3,(H,17,18,20). The summed E-state index contributed by atoms with van der Waals surface area (Å²) in [5.41, 5.74) is 1.59. The molecule has 0 saturated carbocycles. The lowest BCUT2D eigenvalue weighted by atomic mass is 10.2. The van der Waals surface area contributed by atoms with Gasteiger partial charge >= 0.3 is 0 Å². The van der Waals surface area contributed by atoms with E-state index in [1.165, 1.54) is 11.3 Å². The van der Waals surface area contributed by atoms with Crippen LogP contribution in [0.2, 0.25) is 0 Å². The van der Waals surface area contributed by atoms with Crippen molar-refractivity contribution in [1.82, 2.24) is 14.8 Å². The fraction of sp³-hybridized carbons (Fsp3) is 0.133. The van der Waals surface area contributed by atoms with Gasteiger partial charge in [0.15, 0.2) is 5.82 Å². The molecule has 1 N–H and O–H groups in total. The molecule has 0 spiro atoms. The average molecular weight is 298 g/mol. The molecule has 0 bridgehead atoms. The van der Waals surface area contributed by atoms with Crippen LogP contribution in [0.5, 0.6) is 0 Å². The van der Waals surface area contributed by atoms with E-state index in [0.717, 1.165) is 10.6 Å². The predicted molar refractivity (Wildman–Crippen MR) is 82.6 cm³/mol. The van der Waals surface area contributed by atoms with Crippen LogP contribution >= 0.6 is 11.3 Å². The minimum atomic E-state index is -0.232. The number of anilines is 1. The van der Waals surface area contributed by atoms with Gasteiger partial charge in [-0.3, -0.25) is 9.48 Å². The second kappa shape index (κ2) is 5.88. The Morgan fingerprint density at radius 1 is 1.29 bits per heavy atom. The number of thiazole rings is 1. The summed E-state index contributed by atoms with van der Waals surface area (Å²) in [7, 11) is 0. The van der Waals surface area contributed by atoms with Crippen LogP contribution in [0.4, 0.5) is 5.82 Å². The van der Waals surface area contributed by atoms with Crippen molar-refractivity contribution in [1.29, 1.82) is 0 Å². The molecule has 2 heterocycles. The number of carbonyl (C=O) groups is 1. The number of nitrogens with one attached hydrogen (secondary N) is 1. The molecule has 0 atom stereocenters. The fourth-order valence-corrected chi connectivity index (χ4v) is 2.53. The van der Waals surface area contributed by atoms with Crippen LogP contribution in [0.3, 0.4) is 0 Å². The maximum atomic E-state index is 12.0. The summed E-state index contributed by atoms with van der Waals surface area (Å²) in [5, 5.41) is 9.70. The van der Waals surface area contributed by atoms with Gasteiger partial charge in [0, 0.05) is 17.6 Å². The lowest BCUT2D eigenvalue weighted by Gasteiger charge is -2.01. The normalized spacial score (nSPS) is 10.5. The van der Waals surface area contributed by atoms with E-state index in [-0.39, 0.29) is 5.91 Å². The lowest BCUT2D eigenvalue weighted by Crippen LogP contribution is -2.13. The van der Waals surface area contributed by atoms with Crippen LogP contribution in [0.15, 0.2) is 48.0 Å². The fourth-order valence-electron chi connectivity index (χ4n) is 1.93. The van der Waals surface area contributed by atoms with Crippen LogP contribution in [0.25, 0.3) is 0 Å². The highest BCUT2D eigenvalue weighted by molar-refractivity contribution is 7.09. The van der Waals surface area contributed by atoms with Crippen molar-refractivity contribution < 1.29 is 4.79 Å². The van der Waals surface area contributed by atoms with Crippen molar-refractivity contribution in [2.24, 2.45) is 0 Å². The van der Waals surface area contributed by atoms with Crippen molar-refractivity contribution in [3.8, 4) is 0 Å². The third kappa shape index (κ3) is 3.35. The summed E-state index contributed by atoms with van der Waals surface area (Å²) in [4.78, 5) is 16.1. The first-order chi connectivity index (χ1) is 10.2. The highest BCUT2D eigenvalue weighted by Gasteiger charge is 2.11. The molecule has 21 heavy (non-hydrogen) atoms. The van der Waals surface area contributed by atoms with E-state index in [0.29, 0.717) is 18.1 Å². The largest absolute Gasteiger partial charge is 0.304 e. The van der Waals surface area contributed by atoms with Gasteiger partial charge in [-0.05, 0) is 12.5 Å². The third-order valence-corrected chi connectivity index (χ3v) is 3.69. The summed E-state index contributed by atoms with van der Waals surface area (Å²) in [6.07, 6.45) is 1.84. The smallest absolute Gasteiger partial charge is 0.276 e. The number of hydrogen-bond donors (Lipinski definition) is 1.